The highest BCUT2D eigenvalue weighted by Gasteiger charge is 2.05. The first kappa shape index (κ1) is 11.0. The van der Waals surface area contributed by atoms with Gasteiger partial charge in [-0.05, 0) is 24.6 Å². The molecular formula is C10H12N2O3. The van der Waals surface area contributed by atoms with Gasteiger partial charge < -0.3 is 15.3 Å². The topological polar surface area (TPSA) is 70.9 Å². The summed E-state index contributed by atoms with van der Waals surface area (Å²) in [5, 5.41) is 13.3. The molecule has 0 aliphatic heterocycles. The molecule has 1 amide bonds. The van der Waals surface area contributed by atoms with E-state index in [9.17, 15) is 4.79 Å². The van der Waals surface area contributed by atoms with Gasteiger partial charge in [-0.3, -0.25) is 4.79 Å². The van der Waals surface area contributed by atoms with E-state index in [2.05, 4.69) is 10.5 Å². The smallest absolute Gasteiger partial charge is 0.270 e. The Morgan fingerprint density at radius 1 is 1.60 bits per heavy atom. The lowest BCUT2D eigenvalue weighted by molar-refractivity contribution is -0.110. The molecule has 0 bridgehead atoms. The van der Waals surface area contributed by atoms with Crippen LogP contribution in [0.15, 0.2) is 23.4 Å². The standard InChI is InChI=1S/C10H12N2O3/c1-7-3-4-8(9(5-7)15-2)12-10(13)6-11-14/h3-6,14H,1-2H3,(H,12,13)/b11-6-. The Bertz CT molecular complexity index is 388. The summed E-state index contributed by atoms with van der Waals surface area (Å²) >= 11 is 0. The van der Waals surface area contributed by atoms with Gasteiger partial charge in [-0.2, -0.15) is 0 Å². The highest BCUT2D eigenvalue weighted by Crippen LogP contribution is 2.24. The molecule has 80 valence electrons. The van der Waals surface area contributed by atoms with Crippen LogP contribution >= 0.6 is 0 Å². The summed E-state index contributed by atoms with van der Waals surface area (Å²) in [6.45, 7) is 1.92. The lowest BCUT2D eigenvalue weighted by Gasteiger charge is -2.08. The molecule has 1 aromatic carbocycles. The summed E-state index contributed by atoms with van der Waals surface area (Å²) in [6, 6.07) is 5.36. The third kappa shape index (κ3) is 2.98. The molecule has 0 aliphatic carbocycles. The second kappa shape index (κ2) is 4.99. The van der Waals surface area contributed by atoms with Crippen LogP contribution in [0.5, 0.6) is 5.75 Å². The van der Waals surface area contributed by atoms with Gasteiger partial charge in [0.05, 0.1) is 12.8 Å². The van der Waals surface area contributed by atoms with Crippen LogP contribution in [-0.2, 0) is 4.79 Å². The van der Waals surface area contributed by atoms with Crippen LogP contribution in [0.1, 0.15) is 5.56 Å². The molecule has 0 heterocycles. The Hall–Kier alpha value is -2.04. The van der Waals surface area contributed by atoms with Crippen LogP contribution in [0, 0.1) is 6.92 Å². The molecule has 0 aromatic heterocycles. The number of nitrogens with zero attached hydrogens (tertiary/aromatic N) is 1. The average molecular weight is 208 g/mol. The predicted molar refractivity (Wildman–Crippen MR) is 56.6 cm³/mol. The number of rotatable bonds is 3. The van der Waals surface area contributed by atoms with Crippen LogP contribution in [-0.4, -0.2) is 24.4 Å². The first-order chi connectivity index (χ1) is 7.17. The number of anilines is 1. The number of hydrogen-bond donors (Lipinski definition) is 2. The molecule has 5 heteroatoms. The van der Waals surface area contributed by atoms with Crippen molar-refractivity contribution in [2.24, 2.45) is 5.16 Å². The fourth-order valence-corrected chi connectivity index (χ4v) is 1.12. The maximum Gasteiger partial charge on any atom is 0.270 e. The van der Waals surface area contributed by atoms with E-state index in [4.69, 9.17) is 9.94 Å². The molecule has 0 saturated carbocycles. The van der Waals surface area contributed by atoms with Crippen molar-refractivity contribution in [2.75, 3.05) is 12.4 Å². The van der Waals surface area contributed by atoms with Gasteiger partial charge in [0.2, 0.25) is 0 Å². The van der Waals surface area contributed by atoms with Crippen molar-refractivity contribution in [3.05, 3.63) is 23.8 Å². The summed E-state index contributed by atoms with van der Waals surface area (Å²) < 4.78 is 5.08. The van der Waals surface area contributed by atoms with Crippen molar-refractivity contribution in [1.82, 2.24) is 0 Å². The lowest BCUT2D eigenvalue weighted by atomic mass is 10.2. The number of benzene rings is 1. The number of carbonyl (C=O) groups is 1. The molecule has 1 rings (SSSR count). The summed E-state index contributed by atoms with van der Waals surface area (Å²) in [7, 11) is 1.52. The number of amides is 1. The monoisotopic (exact) mass is 208 g/mol. The molecule has 1 aromatic rings. The van der Waals surface area contributed by atoms with Crippen LogP contribution in [0.25, 0.3) is 0 Å². The Kier molecular flexibility index (Phi) is 3.68. The number of hydrogen-bond acceptors (Lipinski definition) is 4. The minimum atomic E-state index is -0.514. The summed E-state index contributed by atoms with van der Waals surface area (Å²) in [4.78, 5) is 11.1. The molecule has 0 spiro atoms. The van der Waals surface area contributed by atoms with Crippen molar-refractivity contribution in [3.63, 3.8) is 0 Å². The molecule has 0 fully saturated rings. The molecule has 15 heavy (non-hydrogen) atoms. The van der Waals surface area contributed by atoms with Crippen molar-refractivity contribution in [1.29, 1.82) is 0 Å². The zero-order chi connectivity index (χ0) is 11.3. The molecule has 0 atom stereocenters. The van der Waals surface area contributed by atoms with Crippen LogP contribution in [0.4, 0.5) is 5.69 Å². The lowest BCUT2D eigenvalue weighted by Crippen LogP contribution is -2.13. The largest absolute Gasteiger partial charge is 0.495 e. The van der Waals surface area contributed by atoms with E-state index in [1.807, 2.05) is 13.0 Å². The molecule has 0 radical (unpaired) electrons. The number of ether oxygens (including phenoxy) is 1. The maximum atomic E-state index is 11.1. The van der Waals surface area contributed by atoms with Gasteiger partial charge in [-0.1, -0.05) is 11.2 Å². The molecule has 5 nitrogen and oxygen atoms in total. The van der Waals surface area contributed by atoms with Gasteiger partial charge in [-0.25, -0.2) is 0 Å². The average Bonchev–Trinajstić information content (AvgIpc) is 2.21. The number of nitrogens with one attached hydrogen (secondary N) is 1. The summed E-state index contributed by atoms with van der Waals surface area (Å²) in [5.74, 6) is 0.0503. The first-order valence-corrected chi connectivity index (χ1v) is 4.30. The number of oxime groups is 1. The Morgan fingerprint density at radius 2 is 2.33 bits per heavy atom. The Labute approximate surface area is 87.4 Å². The molecule has 0 unspecified atom stereocenters. The van der Waals surface area contributed by atoms with Gasteiger partial charge in [0.1, 0.15) is 12.0 Å². The van der Waals surface area contributed by atoms with Crippen molar-refractivity contribution in [2.45, 2.75) is 6.92 Å². The minimum Gasteiger partial charge on any atom is -0.495 e. The van der Waals surface area contributed by atoms with Gasteiger partial charge in [-0.15, -0.1) is 0 Å². The molecule has 2 N–H and O–H groups in total. The third-order valence-electron chi connectivity index (χ3n) is 1.79. The van der Waals surface area contributed by atoms with E-state index in [1.54, 1.807) is 12.1 Å². The quantitative estimate of drug-likeness (QED) is 0.448. The number of methoxy groups -OCH3 is 1. The highest BCUT2D eigenvalue weighted by molar-refractivity contribution is 6.31. The molecule has 0 saturated heterocycles. The minimum absolute atomic E-state index is 0.514. The van der Waals surface area contributed by atoms with E-state index in [0.717, 1.165) is 11.8 Å². The Morgan fingerprint density at radius 3 is 2.93 bits per heavy atom. The fourth-order valence-electron chi connectivity index (χ4n) is 1.12. The normalized spacial score (nSPS) is 10.3. The SMILES string of the molecule is COc1cc(C)ccc1NC(=O)/C=N\O. The zero-order valence-corrected chi connectivity index (χ0v) is 8.52. The van der Waals surface area contributed by atoms with Crippen LogP contribution in [0.3, 0.4) is 0 Å². The van der Waals surface area contributed by atoms with Gasteiger partial charge in [0.15, 0.2) is 0 Å². The molecular weight excluding hydrogens is 196 g/mol. The second-order valence-electron chi connectivity index (χ2n) is 2.94. The van der Waals surface area contributed by atoms with E-state index in [1.165, 1.54) is 7.11 Å². The van der Waals surface area contributed by atoms with E-state index >= 15 is 0 Å². The number of carbonyl (C=O) groups excluding carboxylic acids is 1. The van der Waals surface area contributed by atoms with E-state index < -0.39 is 5.91 Å². The van der Waals surface area contributed by atoms with Crippen molar-refractivity contribution < 1.29 is 14.7 Å². The van der Waals surface area contributed by atoms with Gasteiger partial charge >= 0.3 is 0 Å². The third-order valence-corrected chi connectivity index (χ3v) is 1.79. The van der Waals surface area contributed by atoms with Crippen molar-refractivity contribution >= 4 is 17.8 Å². The Balaban J connectivity index is 2.89. The van der Waals surface area contributed by atoms with Crippen LogP contribution in [0.2, 0.25) is 0 Å². The number of aryl methyl sites for hydroxylation is 1. The maximum absolute atomic E-state index is 11.1. The highest BCUT2D eigenvalue weighted by atomic mass is 16.5. The van der Waals surface area contributed by atoms with Gasteiger partial charge in [0, 0.05) is 0 Å². The summed E-state index contributed by atoms with van der Waals surface area (Å²) in [6.07, 6.45) is 0.777. The first-order valence-electron chi connectivity index (χ1n) is 4.30. The molecule has 0 aliphatic rings. The predicted octanol–water partition coefficient (Wildman–Crippen LogP) is 1.40. The zero-order valence-electron chi connectivity index (χ0n) is 8.52. The fraction of sp³-hybridized carbons (Fsp3) is 0.200. The van der Waals surface area contributed by atoms with Crippen LogP contribution < -0.4 is 10.1 Å². The van der Waals surface area contributed by atoms with Crippen molar-refractivity contribution in [3.8, 4) is 5.75 Å². The summed E-state index contributed by atoms with van der Waals surface area (Å²) in [5.41, 5.74) is 1.56. The second-order valence-corrected chi connectivity index (χ2v) is 2.94. The van der Waals surface area contributed by atoms with E-state index in [-0.39, 0.29) is 0 Å². The van der Waals surface area contributed by atoms with E-state index in [0.29, 0.717) is 11.4 Å². The van der Waals surface area contributed by atoms with Gasteiger partial charge in [0.25, 0.3) is 5.91 Å².